The van der Waals surface area contributed by atoms with Crippen LogP contribution in [0.2, 0.25) is 5.02 Å². The predicted molar refractivity (Wildman–Crippen MR) is 95.0 cm³/mol. The molecule has 0 atom stereocenters. The number of aryl methyl sites for hydroxylation is 1. The van der Waals surface area contributed by atoms with Gasteiger partial charge in [0.25, 0.3) is 0 Å². The number of hydrogen-bond donors (Lipinski definition) is 1. The van der Waals surface area contributed by atoms with Crippen molar-refractivity contribution >= 4 is 50.2 Å². The number of benzene rings is 2. The minimum absolute atomic E-state index is 0.0768. The lowest BCUT2D eigenvalue weighted by Crippen LogP contribution is -2.28. The van der Waals surface area contributed by atoms with Gasteiger partial charge in [-0.25, -0.2) is 4.79 Å². The highest BCUT2D eigenvalue weighted by Gasteiger charge is 2.14. The van der Waals surface area contributed by atoms with E-state index in [1.165, 1.54) is 9.13 Å². The van der Waals surface area contributed by atoms with Crippen molar-refractivity contribution in [3.05, 3.63) is 62.4 Å². The smallest absolute Gasteiger partial charge is 0.323 e. The summed E-state index contributed by atoms with van der Waals surface area (Å²) in [5.74, 6) is -0.312. The van der Waals surface area contributed by atoms with E-state index in [1.807, 2.05) is 24.3 Å². The van der Waals surface area contributed by atoms with Crippen molar-refractivity contribution in [2.24, 2.45) is 7.05 Å². The average Bonchev–Trinajstić information content (AvgIpc) is 2.76. The first kappa shape index (κ1) is 15.8. The molecule has 0 bridgehead atoms. The maximum Gasteiger partial charge on any atom is 0.329 e. The second kappa shape index (κ2) is 6.22. The van der Waals surface area contributed by atoms with E-state index in [0.29, 0.717) is 10.7 Å². The number of imidazole rings is 1. The van der Waals surface area contributed by atoms with E-state index >= 15 is 0 Å². The molecule has 0 saturated carbocycles. The molecule has 0 aliphatic carbocycles. The van der Waals surface area contributed by atoms with E-state index in [1.54, 1.807) is 25.2 Å². The van der Waals surface area contributed by atoms with E-state index < -0.39 is 0 Å². The topological polar surface area (TPSA) is 56.0 Å². The molecule has 3 aromatic rings. The molecule has 0 unspecified atom stereocenters. The van der Waals surface area contributed by atoms with Gasteiger partial charge in [0.1, 0.15) is 6.54 Å². The molecule has 2 aromatic carbocycles. The number of anilines is 1. The van der Waals surface area contributed by atoms with Crippen LogP contribution in [0.15, 0.2) is 51.7 Å². The van der Waals surface area contributed by atoms with Crippen LogP contribution >= 0.6 is 27.5 Å². The van der Waals surface area contributed by atoms with Gasteiger partial charge in [-0.3, -0.25) is 13.9 Å². The molecular formula is C16H13BrClN3O2. The van der Waals surface area contributed by atoms with Crippen molar-refractivity contribution in [1.29, 1.82) is 0 Å². The fourth-order valence-corrected chi connectivity index (χ4v) is 3.16. The zero-order valence-corrected chi connectivity index (χ0v) is 14.6. The third kappa shape index (κ3) is 3.04. The SMILES string of the molecule is Cn1c(=O)n(CC(=O)Nc2ccc(Br)cc2Cl)c2ccccc21. The van der Waals surface area contributed by atoms with Gasteiger partial charge in [0.2, 0.25) is 5.91 Å². The first-order chi connectivity index (χ1) is 11.0. The first-order valence-corrected chi connectivity index (χ1v) is 8.03. The largest absolute Gasteiger partial charge is 0.329 e. The summed E-state index contributed by atoms with van der Waals surface area (Å²) in [6.45, 7) is -0.0768. The maximum atomic E-state index is 12.3. The van der Waals surface area contributed by atoms with Crippen molar-refractivity contribution in [1.82, 2.24) is 9.13 Å². The van der Waals surface area contributed by atoms with E-state index in [4.69, 9.17) is 11.6 Å². The Morgan fingerprint density at radius 2 is 1.91 bits per heavy atom. The zero-order valence-electron chi connectivity index (χ0n) is 12.2. The molecule has 1 amide bonds. The lowest BCUT2D eigenvalue weighted by molar-refractivity contribution is -0.116. The molecule has 1 heterocycles. The molecule has 0 aliphatic rings. The minimum atomic E-state index is -0.312. The van der Waals surface area contributed by atoms with Crippen molar-refractivity contribution in [2.45, 2.75) is 6.54 Å². The van der Waals surface area contributed by atoms with Gasteiger partial charge in [-0.15, -0.1) is 0 Å². The summed E-state index contributed by atoms with van der Waals surface area (Å²) in [7, 11) is 1.69. The minimum Gasteiger partial charge on any atom is -0.323 e. The number of amides is 1. The van der Waals surface area contributed by atoms with Gasteiger partial charge in [0.05, 0.1) is 21.7 Å². The van der Waals surface area contributed by atoms with Crippen LogP contribution in [0.4, 0.5) is 5.69 Å². The summed E-state index contributed by atoms with van der Waals surface area (Å²) in [6.07, 6.45) is 0. The van der Waals surface area contributed by atoms with Crippen LogP contribution in [-0.4, -0.2) is 15.0 Å². The number of fused-ring (bicyclic) bond motifs is 1. The maximum absolute atomic E-state index is 12.3. The van der Waals surface area contributed by atoms with Gasteiger partial charge in [-0.1, -0.05) is 39.7 Å². The van der Waals surface area contributed by atoms with Crippen molar-refractivity contribution in [3.63, 3.8) is 0 Å². The van der Waals surface area contributed by atoms with Crippen LogP contribution in [-0.2, 0) is 18.4 Å². The number of aromatic nitrogens is 2. The van der Waals surface area contributed by atoms with Gasteiger partial charge in [0.15, 0.2) is 0 Å². The lowest BCUT2D eigenvalue weighted by Gasteiger charge is -2.08. The highest BCUT2D eigenvalue weighted by atomic mass is 79.9. The summed E-state index contributed by atoms with van der Waals surface area (Å²) in [6, 6.07) is 12.5. The molecule has 0 spiro atoms. The molecule has 1 aromatic heterocycles. The fourth-order valence-electron chi connectivity index (χ4n) is 2.44. The summed E-state index contributed by atoms with van der Waals surface area (Å²) in [5, 5.41) is 3.16. The molecule has 23 heavy (non-hydrogen) atoms. The summed E-state index contributed by atoms with van der Waals surface area (Å²) >= 11 is 9.40. The third-order valence-corrected chi connectivity index (χ3v) is 4.36. The van der Waals surface area contributed by atoms with Crippen LogP contribution in [0.3, 0.4) is 0 Å². The molecule has 118 valence electrons. The Kier molecular flexibility index (Phi) is 4.28. The summed E-state index contributed by atoms with van der Waals surface area (Å²) in [4.78, 5) is 24.6. The molecular weight excluding hydrogens is 382 g/mol. The molecule has 0 saturated heterocycles. The highest BCUT2D eigenvalue weighted by Crippen LogP contribution is 2.25. The number of carbonyl (C=O) groups is 1. The Balaban J connectivity index is 1.89. The second-order valence-corrected chi connectivity index (χ2v) is 6.41. The molecule has 0 aliphatic heterocycles. The van der Waals surface area contributed by atoms with Gasteiger partial charge in [0, 0.05) is 11.5 Å². The van der Waals surface area contributed by atoms with Crippen LogP contribution in [0.25, 0.3) is 11.0 Å². The monoisotopic (exact) mass is 393 g/mol. The average molecular weight is 395 g/mol. The molecule has 3 rings (SSSR count). The Labute approximate surface area is 145 Å². The standard InChI is InChI=1S/C16H13BrClN3O2/c1-20-13-4-2-3-5-14(13)21(16(20)23)9-15(22)19-12-7-6-10(17)8-11(12)18/h2-8H,9H2,1H3,(H,19,22). The van der Waals surface area contributed by atoms with Crippen LogP contribution in [0, 0.1) is 0 Å². The Morgan fingerprint density at radius 3 is 2.61 bits per heavy atom. The van der Waals surface area contributed by atoms with Gasteiger partial charge >= 0.3 is 5.69 Å². The van der Waals surface area contributed by atoms with E-state index in [0.717, 1.165) is 15.5 Å². The second-order valence-electron chi connectivity index (χ2n) is 5.09. The van der Waals surface area contributed by atoms with Crippen LogP contribution < -0.4 is 11.0 Å². The molecule has 7 heteroatoms. The lowest BCUT2D eigenvalue weighted by atomic mass is 10.3. The number of rotatable bonds is 3. The highest BCUT2D eigenvalue weighted by molar-refractivity contribution is 9.10. The van der Waals surface area contributed by atoms with E-state index in [2.05, 4.69) is 21.2 Å². The van der Waals surface area contributed by atoms with Crippen molar-refractivity contribution in [2.75, 3.05) is 5.32 Å². The van der Waals surface area contributed by atoms with Gasteiger partial charge < -0.3 is 5.32 Å². The number of hydrogen-bond acceptors (Lipinski definition) is 2. The van der Waals surface area contributed by atoms with Gasteiger partial charge in [-0.05, 0) is 30.3 Å². The molecule has 5 nitrogen and oxygen atoms in total. The number of halogens is 2. The zero-order chi connectivity index (χ0) is 16.6. The number of para-hydroxylation sites is 2. The molecule has 0 fully saturated rings. The Hall–Kier alpha value is -2.05. The van der Waals surface area contributed by atoms with Gasteiger partial charge in [-0.2, -0.15) is 0 Å². The van der Waals surface area contributed by atoms with E-state index in [-0.39, 0.29) is 18.1 Å². The first-order valence-electron chi connectivity index (χ1n) is 6.86. The molecule has 0 radical (unpaired) electrons. The number of nitrogens with one attached hydrogen (secondary N) is 1. The fraction of sp³-hybridized carbons (Fsp3) is 0.125. The number of carbonyl (C=O) groups excluding carboxylic acids is 1. The summed E-state index contributed by atoms with van der Waals surface area (Å²) in [5.41, 5.74) is 1.78. The van der Waals surface area contributed by atoms with E-state index in [9.17, 15) is 9.59 Å². The normalized spacial score (nSPS) is 10.9. The Morgan fingerprint density at radius 1 is 1.22 bits per heavy atom. The van der Waals surface area contributed by atoms with Crippen LogP contribution in [0.1, 0.15) is 0 Å². The summed E-state index contributed by atoms with van der Waals surface area (Å²) < 4.78 is 3.79. The quantitative estimate of drug-likeness (QED) is 0.740. The molecule has 1 N–H and O–H groups in total. The van der Waals surface area contributed by atoms with Crippen molar-refractivity contribution < 1.29 is 4.79 Å². The Bertz CT molecular complexity index is 962. The van der Waals surface area contributed by atoms with Crippen LogP contribution in [0.5, 0.6) is 0 Å². The third-order valence-electron chi connectivity index (χ3n) is 3.56. The predicted octanol–water partition coefficient (Wildman–Crippen LogP) is 3.39. The number of nitrogens with zero attached hydrogens (tertiary/aromatic N) is 2. The van der Waals surface area contributed by atoms with Crippen molar-refractivity contribution in [3.8, 4) is 0 Å².